The summed E-state index contributed by atoms with van der Waals surface area (Å²) in [6, 6.07) is 8.84. The molecule has 1 N–H and O–H groups in total. The normalized spacial score (nSPS) is 12.4. The smallest absolute Gasteiger partial charge is 0.246 e. The summed E-state index contributed by atoms with van der Waals surface area (Å²) in [5, 5.41) is 7.18. The predicted molar refractivity (Wildman–Crippen MR) is 77.1 cm³/mol. The highest BCUT2D eigenvalue weighted by Gasteiger charge is 2.14. The molecular weight excluding hydrogens is 306 g/mol. The maximum absolute atomic E-state index is 13.3. The molecule has 0 fully saturated rings. The third-order valence-electron chi connectivity index (χ3n) is 3.29. The molecule has 1 aliphatic rings. The largest absolute Gasteiger partial charge is 0.454 e. The van der Waals surface area contributed by atoms with Crippen molar-refractivity contribution < 1.29 is 18.3 Å². The van der Waals surface area contributed by atoms with E-state index in [0.29, 0.717) is 23.1 Å². The van der Waals surface area contributed by atoms with Gasteiger partial charge < -0.3 is 14.8 Å². The summed E-state index contributed by atoms with van der Waals surface area (Å²) in [5.41, 5.74) is 1.09. The number of anilines is 2. The standard InChI is InChI=1S/C15H10F2N4O2/c16-11-3-2-10(6-12(11)17)21-7-18-15(20-21)19-9-1-4-13-14(5-9)23-8-22-13/h1-7H,8H2,(H,19,20). The second-order valence-corrected chi connectivity index (χ2v) is 4.80. The number of rotatable bonds is 3. The van der Waals surface area contributed by atoms with Gasteiger partial charge in [-0.2, -0.15) is 4.98 Å². The van der Waals surface area contributed by atoms with Gasteiger partial charge in [-0.15, -0.1) is 5.10 Å². The average molecular weight is 316 g/mol. The van der Waals surface area contributed by atoms with Crippen LogP contribution >= 0.6 is 0 Å². The van der Waals surface area contributed by atoms with E-state index in [-0.39, 0.29) is 6.79 Å². The molecule has 0 saturated carbocycles. The van der Waals surface area contributed by atoms with Gasteiger partial charge in [-0.25, -0.2) is 13.5 Å². The van der Waals surface area contributed by atoms with E-state index < -0.39 is 11.6 Å². The lowest BCUT2D eigenvalue weighted by Gasteiger charge is -2.03. The van der Waals surface area contributed by atoms with Crippen molar-refractivity contribution in [3.63, 3.8) is 0 Å². The fourth-order valence-corrected chi connectivity index (χ4v) is 2.18. The van der Waals surface area contributed by atoms with E-state index in [1.54, 1.807) is 18.2 Å². The Bertz CT molecular complexity index is 882. The molecule has 0 radical (unpaired) electrons. The lowest BCUT2D eigenvalue weighted by atomic mass is 10.3. The summed E-state index contributed by atoms with van der Waals surface area (Å²) >= 11 is 0. The zero-order valence-corrected chi connectivity index (χ0v) is 11.7. The molecule has 2 aromatic carbocycles. The number of benzene rings is 2. The zero-order chi connectivity index (χ0) is 15.8. The number of halogens is 2. The molecule has 6 nitrogen and oxygen atoms in total. The Balaban J connectivity index is 1.57. The van der Waals surface area contributed by atoms with Crippen molar-refractivity contribution in [2.45, 2.75) is 0 Å². The van der Waals surface area contributed by atoms with Crippen LogP contribution in [0.1, 0.15) is 0 Å². The Morgan fingerprint density at radius 1 is 1.00 bits per heavy atom. The van der Waals surface area contributed by atoms with E-state index in [2.05, 4.69) is 15.4 Å². The number of fused-ring (bicyclic) bond motifs is 1. The number of nitrogens with one attached hydrogen (secondary N) is 1. The molecule has 8 heteroatoms. The molecule has 23 heavy (non-hydrogen) atoms. The number of hydrogen-bond acceptors (Lipinski definition) is 5. The summed E-state index contributed by atoms with van der Waals surface area (Å²) < 4.78 is 38.1. The van der Waals surface area contributed by atoms with Crippen LogP contribution in [-0.2, 0) is 0 Å². The van der Waals surface area contributed by atoms with Crippen molar-refractivity contribution in [1.82, 2.24) is 14.8 Å². The third kappa shape index (κ3) is 2.54. The van der Waals surface area contributed by atoms with Gasteiger partial charge in [0.1, 0.15) is 6.33 Å². The molecule has 0 bridgehead atoms. The topological polar surface area (TPSA) is 61.2 Å². The molecule has 0 atom stereocenters. The molecule has 2 heterocycles. The molecular formula is C15H10F2N4O2. The van der Waals surface area contributed by atoms with E-state index in [1.807, 2.05) is 0 Å². The molecule has 3 aromatic rings. The summed E-state index contributed by atoms with van der Waals surface area (Å²) in [7, 11) is 0. The Hall–Kier alpha value is -3.16. The van der Waals surface area contributed by atoms with Crippen LogP contribution < -0.4 is 14.8 Å². The van der Waals surface area contributed by atoms with Crippen molar-refractivity contribution >= 4 is 11.6 Å². The van der Waals surface area contributed by atoms with E-state index >= 15 is 0 Å². The number of nitrogens with zero attached hydrogens (tertiary/aromatic N) is 3. The van der Waals surface area contributed by atoms with Gasteiger partial charge in [-0.1, -0.05) is 0 Å². The lowest BCUT2D eigenvalue weighted by Crippen LogP contribution is -1.98. The Labute approximate surface area is 129 Å². The van der Waals surface area contributed by atoms with Crippen molar-refractivity contribution in [1.29, 1.82) is 0 Å². The van der Waals surface area contributed by atoms with Gasteiger partial charge in [0, 0.05) is 17.8 Å². The van der Waals surface area contributed by atoms with Crippen molar-refractivity contribution in [3.8, 4) is 17.2 Å². The second-order valence-electron chi connectivity index (χ2n) is 4.80. The first-order chi connectivity index (χ1) is 11.2. The highest BCUT2D eigenvalue weighted by molar-refractivity contribution is 5.60. The maximum Gasteiger partial charge on any atom is 0.246 e. The number of hydrogen-bond donors (Lipinski definition) is 1. The van der Waals surface area contributed by atoms with E-state index in [9.17, 15) is 8.78 Å². The summed E-state index contributed by atoms with van der Waals surface area (Å²) in [4.78, 5) is 4.09. The average Bonchev–Trinajstić information content (AvgIpc) is 3.19. The minimum absolute atomic E-state index is 0.196. The van der Waals surface area contributed by atoms with E-state index in [0.717, 1.165) is 17.8 Å². The Morgan fingerprint density at radius 2 is 1.87 bits per heavy atom. The van der Waals surface area contributed by atoms with E-state index in [1.165, 1.54) is 17.1 Å². The van der Waals surface area contributed by atoms with Crippen LogP contribution in [0.5, 0.6) is 11.5 Å². The molecule has 0 unspecified atom stereocenters. The van der Waals surface area contributed by atoms with Gasteiger partial charge in [0.15, 0.2) is 23.1 Å². The van der Waals surface area contributed by atoms with Gasteiger partial charge in [0.25, 0.3) is 0 Å². The minimum Gasteiger partial charge on any atom is -0.454 e. The summed E-state index contributed by atoms with van der Waals surface area (Å²) in [5.74, 6) is -0.227. The quantitative estimate of drug-likeness (QED) is 0.805. The first-order valence-electron chi connectivity index (χ1n) is 6.73. The summed E-state index contributed by atoms with van der Waals surface area (Å²) in [6.45, 7) is 0.196. The highest BCUT2D eigenvalue weighted by atomic mass is 19.2. The zero-order valence-electron chi connectivity index (χ0n) is 11.7. The molecule has 0 spiro atoms. The number of aromatic nitrogens is 3. The van der Waals surface area contributed by atoms with Crippen LogP contribution in [0, 0.1) is 11.6 Å². The van der Waals surface area contributed by atoms with Crippen LogP contribution in [0.15, 0.2) is 42.7 Å². The lowest BCUT2D eigenvalue weighted by molar-refractivity contribution is 0.174. The first kappa shape index (κ1) is 13.5. The van der Waals surface area contributed by atoms with Gasteiger partial charge in [0.05, 0.1) is 5.69 Å². The molecule has 0 saturated heterocycles. The molecule has 0 aliphatic carbocycles. The predicted octanol–water partition coefficient (Wildman–Crippen LogP) is 3.02. The highest BCUT2D eigenvalue weighted by Crippen LogP contribution is 2.34. The van der Waals surface area contributed by atoms with Crippen molar-refractivity contribution in [2.75, 3.05) is 12.1 Å². The SMILES string of the molecule is Fc1ccc(-n2cnc(Nc3ccc4c(c3)OCO4)n2)cc1F. The van der Waals surface area contributed by atoms with Gasteiger partial charge >= 0.3 is 0 Å². The molecule has 0 amide bonds. The van der Waals surface area contributed by atoms with Gasteiger partial charge in [-0.05, 0) is 24.3 Å². The fraction of sp³-hybridized carbons (Fsp3) is 0.0667. The van der Waals surface area contributed by atoms with Gasteiger partial charge in [0.2, 0.25) is 12.7 Å². The van der Waals surface area contributed by atoms with Crippen LogP contribution in [0.2, 0.25) is 0 Å². The third-order valence-corrected chi connectivity index (χ3v) is 3.29. The van der Waals surface area contributed by atoms with Crippen molar-refractivity contribution in [2.24, 2.45) is 0 Å². The van der Waals surface area contributed by atoms with Gasteiger partial charge in [-0.3, -0.25) is 0 Å². The minimum atomic E-state index is -0.941. The maximum atomic E-state index is 13.3. The summed E-state index contributed by atoms with van der Waals surface area (Å²) in [6.07, 6.45) is 1.40. The van der Waals surface area contributed by atoms with E-state index in [4.69, 9.17) is 9.47 Å². The Kier molecular flexibility index (Phi) is 3.07. The van der Waals surface area contributed by atoms with Crippen molar-refractivity contribution in [3.05, 3.63) is 54.4 Å². The first-order valence-corrected chi connectivity index (χ1v) is 6.73. The fourth-order valence-electron chi connectivity index (χ4n) is 2.18. The number of ether oxygens (including phenoxy) is 2. The molecule has 4 rings (SSSR count). The van der Waals surface area contributed by atoms with Crippen LogP contribution in [0.3, 0.4) is 0 Å². The van der Waals surface area contributed by atoms with Crippen LogP contribution in [0.25, 0.3) is 5.69 Å². The van der Waals surface area contributed by atoms with Crippen LogP contribution in [0.4, 0.5) is 20.4 Å². The van der Waals surface area contributed by atoms with Crippen LogP contribution in [-0.4, -0.2) is 21.6 Å². The Morgan fingerprint density at radius 3 is 2.74 bits per heavy atom. The second kappa shape index (κ2) is 5.24. The molecule has 1 aromatic heterocycles. The molecule has 1 aliphatic heterocycles. The monoisotopic (exact) mass is 316 g/mol. The molecule has 116 valence electrons.